The van der Waals surface area contributed by atoms with Gasteiger partial charge in [0.15, 0.2) is 0 Å². The number of carbonyl (C=O) groups excluding carboxylic acids is 1. The molecule has 6 nitrogen and oxygen atoms in total. The van der Waals surface area contributed by atoms with Crippen molar-refractivity contribution >= 4 is 25.6 Å². The molecule has 0 unspecified atom stereocenters. The Morgan fingerprint density at radius 1 is 1.17 bits per heavy atom. The van der Waals surface area contributed by atoms with Crippen LogP contribution in [0.15, 0.2) is 10.4 Å². The number of hydrogen-bond acceptors (Lipinski definition) is 4. The molecule has 1 aliphatic rings. The predicted octanol–water partition coefficient (Wildman–Crippen LogP) is 0.723. The summed E-state index contributed by atoms with van der Waals surface area (Å²) in [5.74, 6) is -2.34. The topological polar surface area (TPSA) is 67.4 Å². The molecule has 1 aromatic rings. The molecule has 0 N–H and O–H groups in total. The normalized spacial score (nSPS) is 17.5. The number of cyclic esters (lactones) is 1. The van der Waals surface area contributed by atoms with E-state index in [1.54, 1.807) is 13.8 Å². The Morgan fingerprint density at radius 2 is 1.75 bits per heavy atom. The molecular formula is C17H26N2O4Se. The Balaban J connectivity index is 2.57. The van der Waals surface area contributed by atoms with E-state index in [0.717, 1.165) is 16.1 Å². The van der Waals surface area contributed by atoms with Crippen LogP contribution < -0.4 is 14.4 Å². The van der Waals surface area contributed by atoms with Crippen LogP contribution in [0.2, 0.25) is 0 Å². The molecule has 0 atom stereocenters. The molecule has 1 aliphatic heterocycles. The molecule has 0 saturated heterocycles. The number of carbonyl (C=O) groups is 1. The summed E-state index contributed by atoms with van der Waals surface area (Å²) in [6, 6.07) is 0.460. The van der Waals surface area contributed by atoms with Gasteiger partial charge in [0.1, 0.15) is 0 Å². The Kier molecular flexibility index (Phi) is 5.07. The van der Waals surface area contributed by atoms with Crippen LogP contribution in [0.5, 0.6) is 0 Å². The number of esters is 1. The Bertz CT molecular complexity index is 670. The predicted molar refractivity (Wildman–Crippen MR) is 88.5 cm³/mol. The second kappa shape index (κ2) is 6.45. The second-order valence-electron chi connectivity index (χ2n) is 6.99. The van der Waals surface area contributed by atoms with Gasteiger partial charge in [0.2, 0.25) is 0 Å². The maximum atomic E-state index is 12.3. The number of aromatic nitrogens is 2. The molecule has 0 fully saturated rings. The van der Waals surface area contributed by atoms with Gasteiger partial charge in [-0.25, -0.2) is 0 Å². The molecule has 2 rings (SSSR count). The van der Waals surface area contributed by atoms with Crippen molar-refractivity contribution in [2.75, 3.05) is 0 Å². The minimum absolute atomic E-state index is 0.107. The molecule has 24 heavy (non-hydrogen) atoms. The standard InChI is InChI=1S/C17H26N2O4Se/c1-9(2)18-11(5)12(6)19(10(3)4)16(18)24-13-14(20)22-17(7,8)23-15(13)21/h9-10H,1-8H3. The van der Waals surface area contributed by atoms with Crippen LogP contribution in [0, 0.1) is 13.8 Å². The van der Waals surface area contributed by atoms with Crippen molar-refractivity contribution in [2.45, 2.75) is 73.3 Å². The zero-order chi connectivity index (χ0) is 18.4. The van der Waals surface area contributed by atoms with E-state index in [2.05, 4.69) is 50.7 Å². The molecule has 0 saturated carbocycles. The molecule has 134 valence electrons. The van der Waals surface area contributed by atoms with Crippen molar-refractivity contribution in [1.29, 1.82) is 0 Å². The fourth-order valence-electron chi connectivity index (χ4n) is 2.88. The van der Waals surface area contributed by atoms with Gasteiger partial charge in [-0.3, -0.25) is 0 Å². The summed E-state index contributed by atoms with van der Waals surface area (Å²) in [6.07, 6.45) is 0. The first-order valence-corrected chi connectivity index (χ1v) is 9.82. The van der Waals surface area contributed by atoms with Gasteiger partial charge in [0, 0.05) is 0 Å². The summed E-state index contributed by atoms with van der Waals surface area (Å²) in [5.41, 5.74) is 2.29. The van der Waals surface area contributed by atoms with Gasteiger partial charge in [-0.2, -0.15) is 0 Å². The quantitative estimate of drug-likeness (QED) is 0.424. The molecule has 0 amide bonds. The molecular weight excluding hydrogens is 375 g/mol. The van der Waals surface area contributed by atoms with Crippen LogP contribution in [-0.4, -0.2) is 31.3 Å². The van der Waals surface area contributed by atoms with Crippen molar-refractivity contribution in [3.05, 3.63) is 21.8 Å². The molecule has 1 aromatic heterocycles. The molecule has 2 heterocycles. The van der Waals surface area contributed by atoms with Crippen molar-refractivity contribution in [1.82, 2.24) is 4.57 Å². The molecule has 0 aromatic carbocycles. The van der Waals surface area contributed by atoms with Crippen molar-refractivity contribution in [2.24, 2.45) is 0 Å². The summed E-state index contributed by atoms with van der Waals surface area (Å²) < 4.78 is 16.0. The van der Waals surface area contributed by atoms with E-state index < -0.39 is 32.7 Å². The van der Waals surface area contributed by atoms with Crippen molar-refractivity contribution < 1.29 is 23.9 Å². The fourth-order valence-corrected chi connectivity index (χ4v) is 5.66. The van der Waals surface area contributed by atoms with E-state index in [9.17, 15) is 9.90 Å². The Morgan fingerprint density at radius 3 is 2.21 bits per heavy atom. The summed E-state index contributed by atoms with van der Waals surface area (Å²) >= 11 is -0.502. The van der Waals surface area contributed by atoms with Crippen LogP contribution in [0.3, 0.4) is 0 Å². The molecule has 7 heteroatoms. The van der Waals surface area contributed by atoms with Gasteiger partial charge in [-0.15, -0.1) is 0 Å². The second-order valence-corrected chi connectivity index (χ2v) is 9.04. The number of rotatable bonds is 4. The van der Waals surface area contributed by atoms with Crippen LogP contribution in [0.4, 0.5) is 0 Å². The zero-order valence-electron chi connectivity index (χ0n) is 15.6. The number of imidazole rings is 1. The Labute approximate surface area is 149 Å². The first kappa shape index (κ1) is 18.9. The summed E-state index contributed by atoms with van der Waals surface area (Å²) in [7, 11) is 0. The van der Waals surface area contributed by atoms with E-state index in [1.165, 1.54) is 0 Å². The summed E-state index contributed by atoms with van der Waals surface area (Å²) in [5, 5.41) is 12.3. The third-order valence-corrected chi connectivity index (χ3v) is 6.27. The third-order valence-electron chi connectivity index (χ3n) is 3.93. The minimum atomic E-state index is -1.20. The van der Waals surface area contributed by atoms with Gasteiger partial charge in [0.25, 0.3) is 0 Å². The van der Waals surface area contributed by atoms with Gasteiger partial charge in [-0.1, -0.05) is 0 Å². The summed E-state index contributed by atoms with van der Waals surface area (Å²) in [4.78, 5) is 12.3. The summed E-state index contributed by atoms with van der Waals surface area (Å²) in [6.45, 7) is 15.7. The molecule has 0 aliphatic carbocycles. The van der Waals surface area contributed by atoms with E-state index in [4.69, 9.17) is 9.47 Å². The van der Waals surface area contributed by atoms with E-state index in [1.807, 2.05) is 0 Å². The molecule has 0 spiro atoms. The van der Waals surface area contributed by atoms with Crippen molar-refractivity contribution in [3.63, 3.8) is 0 Å². The van der Waals surface area contributed by atoms with Gasteiger partial charge >= 0.3 is 149 Å². The van der Waals surface area contributed by atoms with Crippen LogP contribution in [0.25, 0.3) is 0 Å². The number of nitrogens with zero attached hydrogens (tertiary/aromatic N) is 2. The first-order valence-electron chi connectivity index (χ1n) is 8.10. The van der Waals surface area contributed by atoms with Crippen LogP contribution >= 0.6 is 0 Å². The van der Waals surface area contributed by atoms with Gasteiger partial charge in [-0.05, 0) is 0 Å². The zero-order valence-corrected chi connectivity index (χ0v) is 17.3. The van der Waals surface area contributed by atoms with Crippen LogP contribution in [-0.2, 0) is 14.3 Å². The number of ether oxygens (including phenoxy) is 2. The van der Waals surface area contributed by atoms with E-state index in [0.29, 0.717) is 0 Å². The molecule has 0 radical (unpaired) electrons. The van der Waals surface area contributed by atoms with E-state index in [-0.39, 0.29) is 16.6 Å². The third kappa shape index (κ3) is 3.33. The molecule has 0 bridgehead atoms. The Hall–Kier alpha value is -1.46. The maximum absolute atomic E-state index is 12.3. The van der Waals surface area contributed by atoms with Crippen molar-refractivity contribution in [3.8, 4) is 0 Å². The van der Waals surface area contributed by atoms with Crippen LogP contribution in [0.1, 0.15) is 65.0 Å². The van der Waals surface area contributed by atoms with Gasteiger partial charge < -0.3 is 0 Å². The first-order chi connectivity index (χ1) is 11.0. The fraction of sp³-hybridized carbons (Fsp3) is 0.647. The average Bonchev–Trinajstić information content (AvgIpc) is 2.64. The average molecular weight is 401 g/mol. The SMILES string of the molecule is Cc1c(C)[n+](C(C)C)c([Se]C2=C([O-])OC(C)(C)OC2=O)n1C(C)C. The number of hydrogen-bond donors (Lipinski definition) is 0. The van der Waals surface area contributed by atoms with E-state index >= 15 is 0 Å². The van der Waals surface area contributed by atoms with Gasteiger partial charge in [0.05, 0.1) is 0 Å². The monoisotopic (exact) mass is 402 g/mol.